The minimum atomic E-state index is -1.23. The van der Waals surface area contributed by atoms with Gasteiger partial charge in [0.25, 0.3) is 0 Å². The van der Waals surface area contributed by atoms with Crippen LogP contribution in [0.3, 0.4) is 0 Å². The maximum atomic E-state index is 10.5. The fraction of sp³-hybridized carbons (Fsp3) is 0.111. The first-order chi connectivity index (χ1) is 6.63. The molecule has 0 aliphatic carbocycles. The molecule has 0 radical (unpaired) electrons. The molecule has 80 valence electrons. The van der Waals surface area contributed by atoms with Gasteiger partial charge < -0.3 is 10.2 Å². The van der Waals surface area contributed by atoms with Gasteiger partial charge in [-0.25, -0.2) is 9.59 Å². The van der Waals surface area contributed by atoms with Crippen molar-refractivity contribution in [2.45, 2.75) is 5.82 Å². The van der Waals surface area contributed by atoms with Crippen LogP contribution in [-0.2, 0) is 16.0 Å². The molecule has 1 rings (SSSR count). The average molecular weight is 245 g/mol. The Morgan fingerprint density at radius 2 is 1.29 bits per heavy atom. The molecule has 4 nitrogen and oxygen atoms in total. The van der Waals surface area contributed by atoms with Crippen molar-refractivity contribution in [2.75, 3.05) is 0 Å². The number of hydrogen-bond donors (Lipinski definition) is 2. The Balaban J connectivity index is 0.000000791. The molecule has 1 aromatic carbocycles. The Morgan fingerprint density at radius 1 is 1.00 bits per heavy atom. The fourth-order valence-corrected chi connectivity index (χ4v) is 0.856. The predicted octanol–water partition coefficient (Wildman–Crippen LogP) is 1.66. The number of benzene rings is 1. The third kappa shape index (κ3) is 3.20. The molecule has 14 heavy (non-hydrogen) atoms. The third-order valence-electron chi connectivity index (χ3n) is 1.39. The monoisotopic (exact) mass is 244 g/mol. The Bertz CT molecular complexity index is 302. The molecule has 1 aromatic rings. The van der Waals surface area contributed by atoms with Crippen LogP contribution >= 0.6 is 0 Å². The molecule has 0 aromatic heterocycles. The molecule has 0 saturated carbocycles. The standard InChI is InChI=1S/C8H6O4.CH3.Cu/c9-7(10)5-3-1-2-4-6(5)8(11)12;;/h1-4H,(H,9,10)(H,11,12);1H3;. The van der Waals surface area contributed by atoms with E-state index in [4.69, 9.17) is 10.2 Å². The van der Waals surface area contributed by atoms with Gasteiger partial charge >= 0.3 is 33.8 Å². The van der Waals surface area contributed by atoms with Gasteiger partial charge in [0, 0.05) is 0 Å². The van der Waals surface area contributed by atoms with Crippen molar-refractivity contribution < 1.29 is 35.8 Å². The Hall–Kier alpha value is -1.32. The van der Waals surface area contributed by atoms with E-state index < -0.39 is 11.9 Å². The summed E-state index contributed by atoms with van der Waals surface area (Å²) in [5.74, 6) is -0.895. The van der Waals surface area contributed by atoms with Gasteiger partial charge in [-0.05, 0) is 12.1 Å². The van der Waals surface area contributed by atoms with Gasteiger partial charge in [0.15, 0.2) is 0 Å². The van der Waals surface area contributed by atoms with Crippen molar-refractivity contribution in [1.82, 2.24) is 0 Å². The fourth-order valence-electron chi connectivity index (χ4n) is 0.856. The van der Waals surface area contributed by atoms with Crippen LogP contribution in [-0.4, -0.2) is 22.2 Å². The summed E-state index contributed by atoms with van der Waals surface area (Å²) in [7, 11) is 0. The third-order valence-corrected chi connectivity index (χ3v) is 1.39. The SMILES string of the molecule is O=C(O)c1ccccc1C(=O)O.[CH3][Cu]. The maximum absolute atomic E-state index is 10.5. The van der Waals surface area contributed by atoms with Crippen LogP contribution in [0, 0.1) is 0 Å². The summed E-state index contributed by atoms with van der Waals surface area (Å²) >= 11 is 4.19. The van der Waals surface area contributed by atoms with E-state index in [9.17, 15) is 9.59 Å². The number of hydrogen-bond acceptors (Lipinski definition) is 2. The zero-order valence-corrected chi connectivity index (χ0v) is 8.26. The second-order valence-electron chi connectivity index (χ2n) is 2.16. The first-order valence-electron chi connectivity index (χ1n) is 3.48. The number of carboxylic acids is 2. The summed E-state index contributed by atoms with van der Waals surface area (Å²) in [5, 5.41) is 17.1. The number of rotatable bonds is 2. The van der Waals surface area contributed by atoms with Crippen LogP contribution < -0.4 is 0 Å². The second kappa shape index (κ2) is 6.18. The van der Waals surface area contributed by atoms with E-state index in [1.54, 1.807) is 5.82 Å². The van der Waals surface area contributed by atoms with Crippen LogP contribution in [0.25, 0.3) is 0 Å². The molecular formula is C9H9CuO4. The molecule has 0 heterocycles. The average Bonchev–Trinajstić information content (AvgIpc) is 2.20. The predicted molar refractivity (Wildman–Crippen MR) is 46.2 cm³/mol. The topological polar surface area (TPSA) is 74.6 Å². The van der Waals surface area contributed by atoms with Crippen molar-refractivity contribution in [3.63, 3.8) is 0 Å². The number of carboxylic acid groups (broad SMARTS) is 2. The van der Waals surface area contributed by atoms with Gasteiger partial charge in [0.1, 0.15) is 0 Å². The zero-order chi connectivity index (χ0) is 11.1. The van der Waals surface area contributed by atoms with Gasteiger partial charge in [-0.2, -0.15) is 0 Å². The van der Waals surface area contributed by atoms with Gasteiger partial charge in [-0.15, -0.1) is 0 Å². The van der Waals surface area contributed by atoms with Crippen LogP contribution in [0.15, 0.2) is 24.3 Å². The summed E-state index contributed by atoms with van der Waals surface area (Å²) in [6, 6.07) is 5.48. The van der Waals surface area contributed by atoms with Gasteiger partial charge in [-0.1, -0.05) is 12.1 Å². The minimum absolute atomic E-state index is 0.190. The van der Waals surface area contributed by atoms with Crippen LogP contribution in [0.4, 0.5) is 0 Å². The summed E-state index contributed by atoms with van der Waals surface area (Å²) in [5.41, 5.74) is -0.380. The van der Waals surface area contributed by atoms with Crippen molar-refractivity contribution in [3.8, 4) is 0 Å². The molecule has 0 saturated heterocycles. The van der Waals surface area contributed by atoms with Crippen LogP contribution in [0.2, 0.25) is 5.82 Å². The first kappa shape index (κ1) is 12.7. The molecule has 5 heteroatoms. The van der Waals surface area contributed by atoms with Gasteiger partial charge in [0.2, 0.25) is 0 Å². The molecule has 0 aliphatic rings. The molecular weight excluding hydrogens is 236 g/mol. The molecule has 0 atom stereocenters. The van der Waals surface area contributed by atoms with E-state index in [2.05, 4.69) is 16.0 Å². The summed E-state index contributed by atoms with van der Waals surface area (Å²) in [6.45, 7) is 0. The van der Waals surface area contributed by atoms with Crippen LogP contribution in [0.5, 0.6) is 0 Å². The van der Waals surface area contributed by atoms with E-state index in [0.717, 1.165) is 0 Å². The summed E-state index contributed by atoms with van der Waals surface area (Å²) < 4.78 is 0. The zero-order valence-electron chi connectivity index (χ0n) is 7.32. The molecule has 0 bridgehead atoms. The molecule has 0 fully saturated rings. The molecule has 0 aliphatic heterocycles. The molecule has 0 unspecified atom stereocenters. The van der Waals surface area contributed by atoms with Crippen molar-refractivity contribution >= 4 is 11.9 Å². The van der Waals surface area contributed by atoms with Gasteiger partial charge in [0.05, 0.1) is 11.1 Å². The van der Waals surface area contributed by atoms with Crippen molar-refractivity contribution in [1.29, 1.82) is 0 Å². The normalized spacial score (nSPS) is 8.50. The Kier molecular flexibility index (Phi) is 5.60. The second-order valence-corrected chi connectivity index (χ2v) is 2.16. The van der Waals surface area contributed by atoms with E-state index in [1.165, 1.54) is 24.3 Å². The summed E-state index contributed by atoms with van der Waals surface area (Å²) in [4.78, 5) is 20.9. The van der Waals surface area contributed by atoms with E-state index in [1.807, 2.05) is 0 Å². The van der Waals surface area contributed by atoms with Crippen LogP contribution in [0.1, 0.15) is 20.7 Å². The quantitative estimate of drug-likeness (QED) is 0.776. The van der Waals surface area contributed by atoms with E-state index in [-0.39, 0.29) is 11.1 Å². The Morgan fingerprint density at radius 3 is 1.50 bits per heavy atom. The van der Waals surface area contributed by atoms with Crippen molar-refractivity contribution in [3.05, 3.63) is 35.4 Å². The van der Waals surface area contributed by atoms with E-state index >= 15 is 0 Å². The first-order valence-corrected chi connectivity index (χ1v) is 4.43. The molecule has 0 amide bonds. The van der Waals surface area contributed by atoms with Crippen molar-refractivity contribution in [2.24, 2.45) is 0 Å². The number of aromatic carboxylic acids is 2. The Labute approximate surface area is 89.4 Å². The summed E-state index contributed by atoms with van der Waals surface area (Å²) in [6.07, 6.45) is 0. The van der Waals surface area contributed by atoms with Gasteiger partial charge in [-0.3, -0.25) is 0 Å². The van der Waals surface area contributed by atoms with E-state index in [0.29, 0.717) is 0 Å². The number of carbonyl (C=O) groups is 2. The molecule has 2 N–H and O–H groups in total. The molecule has 0 spiro atoms.